The van der Waals surface area contributed by atoms with E-state index in [1.807, 2.05) is 0 Å². The van der Waals surface area contributed by atoms with Crippen LogP contribution in [0.1, 0.15) is 21.8 Å². The molecule has 0 radical (unpaired) electrons. The van der Waals surface area contributed by atoms with Gasteiger partial charge in [-0.1, -0.05) is 17.7 Å². The van der Waals surface area contributed by atoms with Gasteiger partial charge in [0.25, 0.3) is 0 Å². The summed E-state index contributed by atoms with van der Waals surface area (Å²) in [7, 11) is 0. The van der Waals surface area contributed by atoms with Crippen molar-refractivity contribution in [2.75, 3.05) is 0 Å². The van der Waals surface area contributed by atoms with Gasteiger partial charge in [0.2, 0.25) is 11.7 Å². The fourth-order valence-electron chi connectivity index (χ4n) is 1.57. The molecule has 0 amide bonds. The van der Waals surface area contributed by atoms with Crippen molar-refractivity contribution in [3.63, 3.8) is 0 Å². The maximum absolute atomic E-state index is 12.7. The molecule has 0 saturated heterocycles. The van der Waals surface area contributed by atoms with Gasteiger partial charge >= 0.3 is 12.1 Å². The fraction of sp³-hybridized carbons (Fsp3) is 0.167. The lowest BCUT2D eigenvalue weighted by Gasteiger charge is -2.01. The number of hydrogen-bond donors (Lipinski definition) is 1. The molecule has 1 aromatic carbocycles. The summed E-state index contributed by atoms with van der Waals surface area (Å²) in [5.74, 6) is -3.59. The van der Waals surface area contributed by atoms with Crippen molar-refractivity contribution in [1.29, 1.82) is 0 Å². The van der Waals surface area contributed by atoms with Crippen LogP contribution in [-0.2, 0) is 6.18 Å². The molecule has 0 aliphatic heterocycles. The van der Waals surface area contributed by atoms with Crippen molar-refractivity contribution in [2.45, 2.75) is 13.1 Å². The molecule has 0 fully saturated rings. The van der Waals surface area contributed by atoms with Gasteiger partial charge in [0.15, 0.2) is 5.69 Å². The third-order valence-electron chi connectivity index (χ3n) is 2.44. The highest BCUT2D eigenvalue weighted by atomic mass is 35.5. The van der Waals surface area contributed by atoms with Crippen LogP contribution < -0.4 is 0 Å². The SMILES string of the molecule is Cc1ccc(-c2nc(C(F)(F)F)c(C(=O)O)o2)c(Cl)c1. The second-order valence-electron chi connectivity index (χ2n) is 3.98. The summed E-state index contributed by atoms with van der Waals surface area (Å²) in [6.07, 6.45) is -4.92. The molecule has 1 heterocycles. The molecule has 0 aliphatic rings. The smallest absolute Gasteiger partial charge is 0.437 e. The number of oxazole rings is 1. The molecule has 1 N–H and O–H groups in total. The number of aryl methyl sites for hydroxylation is 1. The molecule has 2 rings (SSSR count). The van der Waals surface area contributed by atoms with Crippen LogP contribution in [0, 0.1) is 6.92 Å². The Morgan fingerprint density at radius 2 is 2.05 bits per heavy atom. The van der Waals surface area contributed by atoms with Gasteiger partial charge in [0.1, 0.15) is 0 Å². The first-order chi connectivity index (χ1) is 9.20. The summed E-state index contributed by atoms with van der Waals surface area (Å²) in [4.78, 5) is 14.0. The number of carboxylic acid groups (broad SMARTS) is 1. The molecule has 20 heavy (non-hydrogen) atoms. The maximum atomic E-state index is 12.7. The molecule has 1 aromatic heterocycles. The minimum atomic E-state index is -4.92. The number of benzene rings is 1. The maximum Gasteiger partial charge on any atom is 0.437 e. The van der Waals surface area contributed by atoms with Crippen LogP contribution in [0.5, 0.6) is 0 Å². The van der Waals surface area contributed by atoms with Crippen molar-refractivity contribution < 1.29 is 27.5 Å². The Morgan fingerprint density at radius 1 is 1.40 bits per heavy atom. The quantitative estimate of drug-likeness (QED) is 0.910. The number of hydrogen-bond acceptors (Lipinski definition) is 3. The minimum absolute atomic E-state index is 0.0928. The van der Waals surface area contributed by atoms with E-state index in [4.69, 9.17) is 21.1 Å². The van der Waals surface area contributed by atoms with E-state index in [0.29, 0.717) is 0 Å². The Bertz CT molecular complexity index is 679. The lowest BCUT2D eigenvalue weighted by molar-refractivity contribution is -0.141. The second kappa shape index (κ2) is 4.82. The topological polar surface area (TPSA) is 63.3 Å². The highest BCUT2D eigenvalue weighted by Crippen LogP contribution is 2.36. The average molecular weight is 306 g/mol. The fourth-order valence-corrected chi connectivity index (χ4v) is 1.88. The van der Waals surface area contributed by atoms with E-state index >= 15 is 0 Å². The van der Waals surface area contributed by atoms with E-state index in [2.05, 4.69) is 4.98 Å². The van der Waals surface area contributed by atoms with Gasteiger partial charge in [0, 0.05) is 0 Å². The van der Waals surface area contributed by atoms with Crippen LogP contribution in [0.4, 0.5) is 13.2 Å². The molecule has 0 bridgehead atoms. The minimum Gasteiger partial charge on any atom is -0.475 e. The summed E-state index contributed by atoms with van der Waals surface area (Å²) in [5.41, 5.74) is -0.702. The molecule has 0 atom stereocenters. The van der Waals surface area contributed by atoms with E-state index in [-0.39, 0.29) is 10.6 Å². The molecular formula is C12H7ClF3NO3. The number of rotatable bonds is 2. The lowest BCUT2D eigenvalue weighted by Crippen LogP contribution is -2.11. The standard InChI is InChI=1S/C12H7ClF3NO3/c1-5-2-3-6(7(13)4-5)10-17-9(12(14,15)16)8(20-10)11(18)19/h2-4H,1H3,(H,18,19). The average Bonchev–Trinajstić information content (AvgIpc) is 2.73. The van der Waals surface area contributed by atoms with Gasteiger partial charge in [0.05, 0.1) is 10.6 Å². The summed E-state index contributed by atoms with van der Waals surface area (Å²) in [6.45, 7) is 1.75. The third-order valence-corrected chi connectivity index (χ3v) is 2.76. The van der Waals surface area contributed by atoms with Gasteiger partial charge in [-0.3, -0.25) is 0 Å². The van der Waals surface area contributed by atoms with Gasteiger partial charge in [-0.2, -0.15) is 13.2 Å². The van der Waals surface area contributed by atoms with Crippen LogP contribution in [-0.4, -0.2) is 16.1 Å². The Morgan fingerprint density at radius 3 is 2.50 bits per heavy atom. The predicted octanol–water partition coefficient (Wildman–Crippen LogP) is 4.02. The van der Waals surface area contributed by atoms with Gasteiger partial charge in [-0.05, 0) is 24.6 Å². The van der Waals surface area contributed by atoms with Crippen LogP contribution in [0.3, 0.4) is 0 Å². The van der Waals surface area contributed by atoms with Gasteiger partial charge in [-0.25, -0.2) is 9.78 Å². The van der Waals surface area contributed by atoms with Crippen LogP contribution in [0.2, 0.25) is 5.02 Å². The molecule has 4 nitrogen and oxygen atoms in total. The van der Waals surface area contributed by atoms with E-state index in [1.165, 1.54) is 12.1 Å². The molecular weight excluding hydrogens is 299 g/mol. The normalized spacial score (nSPS) is 11.7. The molecule has 0 spiro atoms. The number of halogens is 4. The number of carbonyl (C=O) groups is 1. The first-order valence-electron chi connectivity index (χ1n) is 5.28. The number of aromatic carboxylic acids is 1. The molecule has 8 heteroatoms. The van der Waals surface area contributed by atoms with Gasteiger partial charge in [-0.15, -0.1) is 0 Å². The first-order valence-corrected chi connectivity index (χ1v) is 5.66. The Hall–Kier alpha value is -2.02. The first kappa shape index (κ1) is 14.4. The molecule has 106 valence electrons. The zero-order valence-electron chi connectivity index (χ0n) is 9.95. The summed E-state index contributed by atoms with van der Waals surface area (Å²) < 4.78 is 42.7. The molecule has 2 aromatic rings. The molecule has 0 unspecified atom stereocenters. The van der Waals surface area contributed by atoms with Crippen LogP contribution in [0.15, 0.2) is 22.6 Å². The van der Waals surface area contributed by atoms with Crippen molar-refractivity contribution in [3.8, 4) is 11.5 Å². The van der Waals surface area contributed by atoms with Crippen LogP contribution in [0.25, 0.3) is 11.5 Å². The monoisotopic (exact) mass is 305 g/mol. The molecule has 0 aliphatic carbocycles. The molecule has 0 saturated carbocycles. The van der Waals surface area contributed by atoms with E-state index < -0.39 is 29.5 Å². The second-order valence-corrected chi connectivity index (χ2v) is 4.39. The number of alkyl halides is 3. The van der Waals surface area contributed by atoms with E-state index in [9.17, 15) is 18.0 Å². The van der Waals surface area contributed by atoms with Crippen molar-refractivity contribution >= 4 is 17.6 Å². The van der Waals surface area contributed by atoms with Crippen molar-refractivity contribution in [2.24, 2.45) is 0 Å². The largest absolute Gasteiger partial charge is 0.475 e. The van der Waals surface area contributed by atoms with Gasteiger partial charge < -0.3 is 9.52 Å². The highest BCUT2D eigenvalue weighted by Gasteiger charge is 2.41. The summed E-state index contributed by atoms with van der Waals surface area (Å²) >= 11 is 5.89. The Kier molecular flexibility index (Phi) is 3.47. The van der Waals surface area contributed by atoms with Crippen molar-refractivity contribution in [3.05, 3.63) is 40.2 Å². The van der Waals surface area contributed by atoms with Crippen LogP contribution >= 0.6 is 11.6 Å². The number of carboxylic acids is 1. The predicted molar refractivity (Wildman–Crippen MR) is 63.6 cm³/mol. The number of aromatic nitrogens is 1. The van der Waals surface area contributed by atoms with Crippen molar-refractivity contribution in [1.82, 2.24) is 4.98 Å². The lowest BCUT2D eigenvalue weighted by atomic mass is 10.1. The summed E-state index contributed by atoms with van der Waals surface area (Å²) in [6, 6.07) is 4.52. The summed E-state index contributed by atoms with van der Waals surface area (Å²) in [5, 5.41) is 8.86. The highest BCUT2D eigenvalue weighted by molar-refractivity contribution is 6.33. The van der Waals surface area contributed by atoms with E-state index in [1.54, 1.807) is 13.0 Å². The zero-order valence-corrected chi connectivity index (χ0v) is 10.7. The Labute approximate surface area is 115 Å². The number of nitrogens with zero attached hydrogens (tertiary/aromatic N) is 1. The van der Waals surface area contributed by atoms with E-state index in [0.717, 1.165) is 5.56 Å². The third kappa shape index (κ3) is 2.62. The zero-order chi connectivity index (χ0) is 15.1. The Balaban J connectivity index is 2.62.